The average Bonchev–Trinajstić information content (AvgIpc) is 3.16. The summed E-state index contributed by atoms with van der Waals surface area (Å²) in [7, 11) is 1.53. The third-order valence-corrected chi connectivity index (χ3v) is 6.45. The fraction of sp³-hybridized carbons (Fsp3) is 0.167. The number of hydrogen-bond acceptors (Lipinski definition) is 5. The normalized spacial score (nSPS) is 14.9. The van der Waals surface area contributed by atoms with Gasteiger partial charge in [-0.2, -0.15) is 0 Å². The Bertz CT molecular complexity index is 1220. The van der Waals surface area contributed by atoms with Crippen molar-refractivity contribution in [3.05, 3.63) is 76.3 Å². The van der Waals surface area contributed by atoms with E-state index in [9.17, 15) is 19.1 Å². The number of nitrogens with one attached hydrogen (secondary N) is 1. The predicted octanol–water partition coefficient (Wildman–Crippen LogP) is 5.30. The quantitative estimate of drug-likeness (QED) is 0.474. The molecule has 0 radical (unpaired) electrons. The molecule has 1 aliphatic rings. The van der Waals surface area contributed by atoms with Crippen LogP contribution in [0.2, 0.25) is 0 Å². The van der Waals surface area contributed by atoms with E-state index in [1.807, 2.05) is 6.07 Å². The second-order valence-corrected chi connectivity index (χ2v) is 8.23. The molecule has 3 aromatic rings. The maximum absolute atomic E-state index is 13.9. The van der Waals surface area contributed by atoms with Gasteiger partial charge in [0.05, 0.1) is 12.8 Å². The van der Waals surface area contributed by atoms with Crippen LogP contribution in [-0.4, -0.2) is 30.7 Å². The maximum Gasteiger partial charge on any atom is 0.346 e. The van der Waals surface area contributed by atoms with Crippen molar-refractivity contribution in [1.82, 2.24) is 0 Å². The lowest BCUT2D eigenvalue weighted by Gasteiger charge is -2.24. The molecule has 0 saturated carbocycles. The number of hydrogen-bond donors (Lipinski definition) is 2. The number of anilines is 1. The van der Waals surface area contributed by atoms with Crippen LogP contribution in [0, 0.1) is 5.82 Å². The van der Waals surface area contributed by atoms with Crippen LogP contribution < -0.4 is 14.8 Å². The highest BCUT2D eigenvalue weighted by molar-refractivity contribution is 7.15. The molecule has 0 bridgehead atoms. The van der Waals surface area contributed by atoms with Gasteiger partial charge in [-0.05, 0) is 35.4 Å². The predicted molar refractivity (Wildman–Crippen MR) is 120 cm³/mol. The summed E-state index contributed by atoms with van der Waals surface area (Å²) in [5.74, 6) is -1.23. The summed E-state index contributed by atoms with van der Waals surface area (Å²) in [5.41, 5.74) is 1.89. The summed E-state index contributed by atoms with van der Waals surface area (Å²) < 4.78 is 24.9. The zero-order valence-electron chi connectivity index (χ0n) is 17.2. The van der Waals surface area contributed by atoms with Crippen LogP contribution in [0.15, 0.2) is 55.1 Å². The van der Waals surface area contributed by atoms with Gasteiger partial charge in [-0.25, -0.2) is 9.18 Å². The number of ether oxygens (including phenoxy) is 2. The molecular weight excluding hydrogens is 433 g/mol. The summed E-state index contributed by atoms with van der Waals surface area (Å²) in [4.78, 5) is 25.4. The molecule has 32 heavy (non-hydrogen) atoms. The number of rotatable bonds is 7. The SMILES string of the molecule is C=CCOc1cc([C@@H]2CC(=O)Nc3c2sc(C(=O)O)c3-c2cccc(F)c2)ccc1OC. The van der Waals surface area contributed by atoms with Crippen molar-refractivity contribution in [2.45, 2.75) is 12.3 Å². The average molecular weight is 453 g/mol. The van der Waals surface area contributed by atoms with Gasteiger partial charge in [-0.1, -0.05) is 30.9 Å². The van der Waals surface area contributed by atoms with Crippen molar-refractivity contribution in [2.24, 2.45) is 0 Å². The number of carbonyl (C=O) groups excluding carboxylic acids is 1. The number of halogens is 1. The van der Waals surface area contributed by atoms with Gasteiger partial charge in [0.25, 0.3) is 0 Å². The topological polar surface area (TPSA) is 84.9 Å². The molecule has 0 spiro atoms. The minimum Gasteiger partial charge on any atom is -0.493 e. The molecule has 164 valence electrons. The Morgan fingerprint density at radius 3 is 2.81 bits per heavy atom. The summed E-state index contributed by atoms with van der Waals surface area (Å²) >= 11 is 1.08. The van der Waals surface area contributed by atoms with E-state index < -0.39 is 11.8 Å². The monoisotopic (exact) mass is 453 g/mol. The number of amides is 1. The number of carboxylic acid groups (broad SMARTS) is 1. The second-order valence-electron chi connectivity index (χ2n) is 7.18. The van der Waals surface area contributed by atoms with Gasteiger partial charge >= 0.3 is 5.97 Å². The molecular formula is C24H20FNO5S. The molecule has 4 rings (SSSR count). The van der Waals surface area contributed by atoms with E-state index in [-0.39, 0.29) is 29.7 Å². The number of fused-ring (bicyclic) bond motifs is 1. The van der Waals surface area contributed by atoms with E-state index in [0.29, 0.717) is 33.2 Å². The van der Waals surface area contributed by atoms with Gasteiger partial charge in [-0.15, -0.1) is 11.3 Å². The minimum atomic E-state index is -1.14. The minimum absolute atomic E-state index is 0.0458. The molecule has 1 amide bonds. The maximum atomic E-state index is 13.9. The summed E-state index contributed by atoms with van der Waals surface area (Å²) in [5, 5.41) is 12.6. The second kappa shape index (κ2) is 8.84. The van der Waals surface area contributed by atoms with Gasteiger partial charge in [0.15, 0.2) is 11.5 Å². The summed E-state index contributed by atoms with van der Waals surface area (Å²) in [6, 6.07) is 11.0. The highest BCUT2D eigenvalue weighted by atomic mass is 32.1. The summed E-state index contributed by atoms with van der Waals surface area (Å²) in [6.45, 7) is 3.93. The zero-order chi connectivity index (χ0) is 22.8. The van der Waals surface area contributed by atoms with Crippen LogP contribution >= 0.6 is 11.3 Å². The van der Waals surface area contributed by atoms with Gasteiger partial charge in [0, 0.05) is 22.8 Å². The van der Waals surface area contributed by atoms with Gasteiger partial charge in [0.1, 0.15) is 17.3 Å². The first-order valence-corrected chi connectivity index (χ1v) is 10.6. The number of carbonyl (C=O) groups is 2. The molecule has 0 fully saturated rings. The first kappa shape index (κ1) is 21.6. The molecule has 2 heterocycles. The number of benzene rings is 2. The van der Waals surface area contributed by atoms with Crippen LogP contribution in [0.5, 0.6) is 11.5 Å². The van der Waals surface area contributed by atoms with E-state index in [4.69, 9.17) is 9.47 Å². The van der Waals surface area contributed by atoms with Crippen molar-refractivity contribution in [1.29, 1.82) is 0 Å². The van der Waals surface area contributed by atoms with E-state index in [1.54, 1.807) is 24.3 Å². The Morgan fingerprint density at radius 1 is 1.31 bits per heavy atom. The Kier molecular flexibility index (Phi) is 5.96. The van der Waals surface area contributed by atoms with E-state index in [2.05, 4.69) is 11.9 Å². The molecule has 6 nitrogen and oxygen atoms in total. The molecule has 1 aliphatic heterocycles. The van der Waals surface area contributed by atoms with E-state index in [0.717, 1.165) is 16.9 Å². The largest absolute Gasteiger partial charge is 0.493 e. The lowest BCUT2D eigenvalue weighted by Crippen LogP contribution is -2.22. The first-order chi connectivity index (χ1) is 15.4. The standard InChI is InChI=1S/C24H20FNO5S/c1-3-9-31-18-11-13(7-8-17(18)30-2)16-12-19(27)26-21-20(14-5-4-6-15(25)10-14)23(24(28)29)32-22(16)21/h3-8,10-11,16H,1,9,12H2,2H3,(H,26,27)(H,28,29)/t16-/m0/s1. The van der Waals surface area contributed by atoms with Crippen molar-refractivity contribution in [3.8, 4) is 22.6 Å². The molecule has 0 unspecified atom stereocenters. The highest BCUT2D eigenvalue weighted by Crippen LogP contribution is 2.50. The van der Waals surface area contributed by atoms with Gasteiger partial charge in [-0.3, -0.25) is 4.79 Å². The molecule has 0 aliphatic carbocycles. The number of methoxy groups -OCH3 is 1. The third kappa shape index (κ3) is 3.97. The first-order valence-electron chi connectivity index (χ1n) is 9.80. The van der Waals surface area contributed by atoms with Crippen molar-refractivity contribution < 1.29 is 28.6 Å². The van der Waals surface area contributed by atoms with Crippen LogP contribution in [0.25, 0.3) is 11.1 Å². The van der Waals surface area contributed by atoms with Crippen LogP contribution in [0.4, 0.5) is 10.1 Å². The Balaban J connectivity index is 1.87. The van der Waals surface area contributed by atoms with E-state index >= 15 is 0 Å². The van der Waals surface area contributed by atoms with Crippen LogP contribution in [-0.2, 0) is 4.79 Å². The number of thiophene rings is 1. The lowest BCUT2D eigenvalue weighted by atomic mass is 9.88. The molecule has 1 atom stereocenters. The lowest BCUT2D eigenvalue weighted by molar-refractivity contribution is -0.116. The van der Waals surface area contributed by atoms with Crippen LogP contribution in [0.1, 0.15) is 32.5 Å². The van der Waals surface area contributed by atoms with Crippen molar-refractivity contribution >= 4 is 28.9 Å². The Hall–Kier alpha value is -3.65. The molecule has 2 N–H and O–H groups in total. The molecule has 0 saturated heterocycles. The summed E-state index contributed by atoms with van der Waals surface area (Å²) in [6.07, 6.45) is 1.75. The van der Waals surface area contributed by atoms with Gasteiger partial charge in [0.2, 0.25) is 5.91 Å². The third-order valence-electron chi connectivity index (χ3n) is 5.16. The van der Waals surface area contributed by atoms with Crippen molar-refractivity contribution in [2.75, 3.05) is 19.0 Å². The van der Waals surface area contributed by atoms with Crippen molar-refractivity contribution in [3.63, 3.8) is 0 Å². The smallest absolute Gasteiger partial charge is 0.346 e. The fourth-order valence-corrected chi connectivity index (χ4v) is 5.04. The zero-order valence-corrected chi connectivity index (χ0v) is 18.0. The molecule has 8 heteroatoms. The number of aromatic carboxylic acids is 1. The highest BCUT2D eigenvalue weighted by Gasteiger charge is 2.35. The molecule has 1 aromatic heterocycles. The Labute approximate surface area is 187 Å². The van der Waals surface area contributed by atoms with E-state index in [1.165, 1.54) is 25.3 Å². The fourth-order valence-electron chi connectivity index (χ4n) is 3.80. The molecule has 2 aromatic carbocycles. The van der Waals surface area contributed by atoms with Gasteiger partial charge < -0.3 is 19.9 Å². The van der Waals surface area contributed by atoms with Crippen LogP contribution in [0.3, 0.4) is 0 Å². The Morgan fingerprint density at radius 2 is 2.12 bits per heavy atom. The number of carboxylic acids is 1.